The van der Waals surface area contributed by atoms with E-state index in [4.69, 9.17) is 0 Å². The summed E-state index contributed by atoms with van der Waals surface area (Å²) in [6, 6.07) is 0. The largest absolute Gasteiger partial charge is 0.303 e. The highest BCUT2D eigenvalue weighted by Gasteiger charge is 2.40. The van der Waals surface area contributed by atoms with E-state index in [1.165, 1.54) is 0 Å². The Balaban J connectivity index is 2.76. The number of carbonyl (C=O) groups is 1. The van der Waals surface area contributed by atoms with E-state index in [2.05, 4.69) is 27.7 Å². The van der Waals surface area contributed by atoms with Crippen molar-refractivity contribution in [2.45, 2.75) is 27.7 Å². The molecule has 4 atom stereocenters. The Labute approximate surface area is 69.2 Å². The highest BCUT2D eigenvalue weighted by molar-refractivity contribution is 5.55. The average molecular weight is 154 g/mol. The lowest BCUT2D eigenvalue weighted by Gasteiger charge is -2.14. The Morgan fingerprint density at radius 2 is 1.18 bits per heavy atom. The van der Waals surface area contributed by atoms with Crippen LogP contribution in [0.3, 0.4) is 0 Å². The summed E-state index contributed by atoms with van der Waals surface area (Å²) in [5, 5.41) is 0. The van der Waals surface area contributed by atoms with E-state index in [-0.39, 0.29) is 0 Å². The Bertz CT molecular complexity index is 139. The van der Waals surface area contributed by atoms with Gasteiger partial charge in [-0.05, 0) is 23.7 Å². The summed E-state index contributed by atoms with van der Waals surface area (Å²) < 4.78 is 0. The molecule has 0 aromatic rings. The summed E-state index contributed by atoms with van der Waals surface area (Å²) in [6.45, 7) is 8.91. The van der Waals surface area contributed by atoms with Crippen molar-refractivity contribution in [2.24, 2.45) is 29.6 Å². The monoisotopic (exact) mass is 154 g/mol. The normalized spacial score (nSPS) is 51.1. The van der Waals surface area contributed by atoms with Crippen LogP contribution in [0.25, 0.3) is 0 Å². The van der Waals surface area contributed by atoms with Crippen LogP contribution >= 0.6 is 0 Å². The van der Waals surface area contributed by atoms with E-state index < -0.39 is 0 Å². The lowest BCUT2D eigenvalue weighted by Crippen LogP contribution is -2.13. The van der Waals surface area contributed by atoms with Crippen molar-refractivity contribution in [3.05, 3.63) is 0 Å². The van der Waals surface area contributed by atoms with E-state index in [1.807, 2.05) is 0 Å². The number of hydrogen-bond donors (Lipinski definition) is 0. The van der Waals surface area contributed by atoms with Gasteiger partial charge in [0, 0.05) is 5.92 Å². The van der Waals surface area contributed by atoms with Gasteiger partial charge in [-0.25, -0.2) is 0 Å². The summed E-state index contributed by atoms with van der Waals surface area (Å²) in [6.07, 6.45) is 1.15. The van der Waals surface area contributed by atoms with Crippen molar-refractivity contribution in [2.75, 3.05) is 0 Å². The first-order chi connectivity index (χ1) is 5.09. The van der Waals surface area contributed by atoms with Gasteiger partial charge in [0.1, 0.15) is 6.29 Å². The first-order valence-corrected chi connectivity index (χ1v) is 4.55. The van der Waals surface area contributed by atoms with Gasteiger partial charge < -0.3 is 4.79 Å². The third-order valence-corrected chi connectivity index (χ3v) is 3.86. The lowest BCUT2D eigenvalue weighted by atomic mass is 9.91. The molecule has 0 saturated heterocycles. The first-order valence-electron chi connectivity index (χ1n) is 4.55. The Hall–Kier alpha value is -0.330. The fourth-order valence-electron chi connectivity index (χ4n) is 2.39. The fraction of sp³-hybridized carbons (Fsp3) is 0.900. The molecule has 1 rings (SSSR count). The average Bonchev–Trinajstić information content (AvgIpc) is 2.17. The van der Waals surface area contributed by atoms with Gasteiger partial charge in [0.2, 0.25) is 0 Å². The highest BCUT2D eigenvalue weighted by Crippen LogP contribution is 2.44. The molecule has 0 amide bonds. The third kappa shape index (κ3) is 1.21. The minimum absolute atomic E-state index is 0.306. The predicted octanol–water partition coefficient (Wildman–Crippen LogP) is 2.36. The van der Waals surface area contributed by atoms with Crippen molar-refractivity contribution in [1.82, 2.24) is 0 Å². The molecule has 1 fully saturated rings. The van der Waals surface area contributed by atoms with Crippen LogP contribution in [-0.2, 0) is 4.79 Å². The van der Waals surface area contributed by atoms with Gasteiger partial charge in [-0.2, -0.15) is 0 Å². The lowest BCUT2D eigenvalue weighted by molar-refractivity contribution is -0.113. The molecular formula is C10H18O. The molecule has 1 aliphatic carbocycles. The second-order valence-electron chi connectivity index (χ2n) is 4.15. The standard InChI is InChI=1S/C10H18O/c1-6-7(2)9(4)10(5-11)8(6)3/h5-10H,1-4H3. The maximum atomic E-state index is 10.7. The van der Waals surface area contributed by atoms with Crippen LogP contribution in [-0.4, -0.2) is 6.29 Å². The molecule has 0 bridgehead atoms. The smallest absolute Gasteiger partial charge is 0.123 e. The van der Waals surface area contributed by atoms with E-state index in [9.17, 15) is 4.79 Å². The van der Waals surface area contributed by atoms with E-state index >= 15 is 0 Å². The Morgan fingerprint density at radius 1 is 0.818 bits per heavy atom. The van der Waals surface area contributed by atoms with Crippen molar-refractivity contribution < 1.29 is 4.79 Å². The van der Waals surface area contributed by atoms with Gasteiger partial charge in [0.25, 0.3) is 0 Å². The van der Waals surface area contributed by atoms with Crippen LogP contribution in [0, 0.1) is 29.6 Å². The van der Waals surface area contributed by atoms with Gasteiger partial charge in [-0.3, -0.25) is 0 Å². The SMILES string of the molecule is CC1C(C)C(C)C(C=O)C1C. The van der Waals surface area contributed by atoms with Gasteiger partial charge in [-0.15, -0.1) is 0 Å². The molecule has 0 radical (unpaired) electrons. The molecule has 0 spiro atoms. The minimum Gasteiger partial charge on any atom is -0.303 e. The molecule has 0 aromatic heterocycles. The predicted molar refractivity (Wildman–Crippen MR) is 46.2 cm³/mol. The molecular weight excluding hydrogens is 136 g/mol. The molecule has 1 nitrogen and oxygen atoms in total. The van der Waals surface area contributed by atoms with Crippen LogP contribution in [0.4, 0.5) is 0 Å². The number of aldehydes is 1. The van der Waals surface area contributed by atoms with Gasteiger partial charge in [0.15, 0.2) is 0 Å². The summed E-state index contributed by atoms with van der Waals surface area (Å²) in [5.74, 6) is 2.88. The first kappa shape index (κ1) is 8.76. The zero-order chi connectivity index (χ0) is 8.59. The van der Waals surface area contributed by atoms with E-state index in [0.717, 1.165) is 6.29 Å². The molecule has 0 aliphatic heterocycles. The van der Waals surface area contributed by atoms with Gasteiger partial charge in [0.05, 0.1) is 0 Å². The third-order valence-electron chi connectivity index (χ3n) is 3.86. The van der Waals surface area contributed by atoms with Crippen LogP contribution in [0.15, 0.2) is 0 Å². The van der Waals surface area contributed by atoms with E-state index in [1.54, 1.807) is 0 Å². The van der Waals surface area contributed by atoms with Gasteiger partial charge in [-0.1, -0.05) is 27.7 Å². The van der Waals surface area contributed by atoms with Crippen molar-refractivity contribution >= 4 is 6.29 Å². The van der Waals surface area contributed by atoms with Crippen LogP contribution in [0.1, 0.15) is 27.7 Å². The number of carbonyl (C=O) groups excluding carboxylic acids is 1. The highest BCUT2D eigenvalue weighted by atomic mass is 16.1. The van der Waals surface area contributed by atoms with Crippen molar-refractivity contribution in [1.29, 1.82) is 0 Å². The van der Waals surface area contributed by atoms with E-state index in [0.29, 0.717) is 29.6 Å². The second-order valence-corrected chi connectivity index (χ2v) is 4.15. The topological polar surface area (TPSA) is 17.1 Å². The molecule has 0 heterocycles. The molecule has 4 unspecified atom stereocenters. The molecule has 0 N–H and O–H groups in total. The molecule has 64 valence electrons. The Morgan fingerprint density at radius 3 is 1.36 bits per heavy atom. The molecule has 11 heavy (non-hydrogen) atoms. The summed E-state index contributed by atoms with van der Waals surface area (Å²) >= 11 is 0. The molecule has 1 saturated carbocycles. The maximum Gasteiger partial charge on any atom is 0.123 e. The van der Waals surface area contributed by atoms with Crippen LogP contribution in [0.5, 0.6) is 0 Å². The van der Waals surface area contributed by atoms with Crippen LogP contribution < -0.4 is 0 Å². The summed E-state index contributed by atoms with van der Waals surface area (Å²) in [5.41, 5.74) is 0. The van der Waals surface area contributed by atoms with Crippen LogP contribution in [0.2, 0.25) is 0 Å². The molecule has 1 heteroatoms. The number of hydrogen-bond acceptors (Lipinski definition) is 1. The Kier molecular flexibility index (Phi) is 2.36. The zero-order valence-electron chi connectivity index (χ0n) is 7.87. The van der Waals surface area contributed by atoms with Gasteiger partial charge >= 0.3 is 0 Å². The summed E-state index contributed by atoms with van der Waals surface area (Å²) in [7, 11) is 0. The number of rotatable bonds is 1. The second kappa shape index (κ2) is 2.96. The molecule has 1 aliphatic rings. The van der Waals surface area contributed by atoms with Crippen molar-refractivity contribution in [3.8, 4) is 0 Å². The maximum absolute atomic E-state index is 10.7. The summed E-state index contributed by atoms with van der Waals surface area (Å²) in [4.78, 5) is 10.7. The zero-order valence-corrected chi connectivity index (χ0v) is 7.87. The minimum atomic E-state index is 0.306. The quantitative estimate of drug-likeness (QED) is 0.530. The molecule has 0 aromatic carbocycles. The fourth-order valence-corrected chi connectivity index (χ4v) is 2.39. The van der Waals surface area contributed by atoms with Crippen molar-refractivity contribution in [3.63, 3.8) is 0 Å².